The van der Waals surface area contributed by atoms with Crippen molar-refractivity contribution in [2.45, 2.75) is 13.8 Å². The summed E-state index contributed by atoms with van der Waals surface area (Å²) in [5.41, 5.74) is 1.18. The molecule has 2 aromatic heterocycles. The minimum Gasteiger partial charge on any atom is -0.496 e. The van der Waals surface area contributed by atoms with E-state index in [0.717, 1.165) is 5.56 Å². The molecule has 2 aromatic carbocycles. The predicted octanol–water partition coefficient (Wildman–Crippen LogP) is 2.70. The maximum Gasteiger partial charge on any atom is 0.308 e. The monoisotopic (exact) mass is 437 g/mol. The van der Waals surface area contributed by atoms with Gasteiger partial charge in [-0.1, -0.05) is 29.5 Å². The van der Waals surface area contributed by atoms with E-state index in [0.29, 0.717) is 44.7 Å². The van der Waals surface area contributed by atoms with Crippen LogP contribution in [0.25, 0.3) is 22.4 Å². The van der Waals surface area contributed by atoms with Gasteiger partial charge in [0.2, 0.25) is 4.96 Å². The Morgan fingerprint density at radius 1 is 1.16 bits per heavy atom. The Morgan fingerprint density at radius 2 is 1.97 bits per heavy atom. The molecule has 0 aliphatic heterocycles. The fourth-order valence-electron chi connectivity index (χ4n) is 3.05. The largest absolute Gasteiger partial charge is 0.496 e. The second-order valence-electron chi connectivity index (χ2n) is 6.48. The van der Waals surface area contributed by atoms with Gasteiger partial charge in [-0.05, 0) is 42.8 Å². The molecule has 0 saturated heterocycles. The van der Waals surface area contributed by atoms with Crippen molar-refractivity contribution in [2.24, 2.45) is 0 Å². The first-order valence-corrected chi connectivity index (χ1v) is 10.3. The van der Waals surface area contributed by atoms with Crippen LogP contribution < -0.4 is 24.3 Å². The maximum absolute atomic E-state index is 12.9. The molecule has 31 heavy (non-hydrogen) atoms. The summed E-state index contributed by atoms with van der Waals surface area (Å²) in [7, 11) is 1.58. The smallest absolute Gasteiger partial charge is 0.308 e. The number of hydrogen-bond acceptors (Lipinski definition) is 8. The zero-order valence-corrected chi connectivity index (χ0v) is 17.9. The Hall–Kier alpha value is -3.72. The van der Waals surface area contributed by atoms with Gasteiger partial charge >= 0.3 is 5.97 Å². The fraction of sp³-hybridized carbons (Fsp3) is 0.182. The minimum absolute atomic E-state index is 0.268. The van der Waals surface area contributed by atoms with Crippen molar-refractivity contribution < 1.29 is 19.0 Å². The molecule has 0 aliphatic carbocycles. The van der Waals surface area contributed by atoms with Crippen molar-refractivity contribution in [2.75, 3.05) is 13.7 Å². The lowest BCUT2D eigenvalue weighted by molar-refractivity contribution is -0.132. The molecule has 0 bridgehead atoms. The molecule has 0 spiro atoms. The second kappa shape index (κ2) is 8.57. The Morgan fingerprint density at radius 3 is 2.68 bits per heavy atom. The number of hydrogen-bond donors (Lipinski definition) is 0. The third-order valence-corrected chi connectivity index (χ3v) is 5.31. The van der Waals surface area contributed by atoms with E-state index in [1.165, 1.54) is 22.8 Å². The van der Waals surface area contributed by atoms with Crippen LogP contribution in [0.4, 0.5) is 0 Å². The number of thiazole rings is 1. The molecule has 0 saturated carbocycles. The Balaban J connectivity index is 1.74. The van der Waals surface area contributed by atoms with Crippen molar-refractivity contribution in [3.63, 3.8) is 0 Å². The number of ether oxygens (including phenoxy) is 3. The molecule has 0 radical (unpaired) electrons. The summed E-state index contributed by atoms with van der Waals surface area (Å²) >= 11 is 1.24. The number of esters is 1. The third-order valence-electron chi connectivity index (χ3n) is 4.35. The van der Waals surface area contributed by atoms with E-state index in [-0.39, 0.29) is 5.56 Å². The van der Waals surface area contributed by atoms with Crippen molar-refractivity contribution in [3.8, 4) is 28.6 Å². The highest BCUT2D eigenvalue weighted by atomic mass is 32.1. The fourth-order valence-corrected chi connectivity index (χ4v) is 3.96. The molecule has 0 N–H and O–H groups in total. The van der Waals surface area contributed by atoms with Crippen molar-refractivity contribution in [3.05, 3.63) is 62.9 Å². The normalized spacial score (nSPS) is 11.6. The number of para-hydroxylation sites is 1. The summed E-state index contributed by atoms with van der Waals surface area (Å²) in [6.07, 6.45) is 1.73. The number of methoxy groups -OCH3 is 1. The highest BCUT2D eigenvalue weighted by molar-refractivity contribution is 7.15. The van der Waals surface area contributed by atoms with Gasteiger partial charge in [-0.25, -0.2) is 0 Å². The van der Waals surface area contributed by atoms with Gasteiger partial charge in [0.25, 0.3) is 5.56 Å². The molecule has 0 unspecified atom stereocenters. The van der Waals surface area contributed by atoms with Gasteiger partial charge in [0.1, 0.15) is 5.75 Å². The third kappa shape index (κ3) is 4.13. The topological polar surface area (TPSA) is 92.0 Å². The highest BCUT2D eigenvalue weighted by Gasteiger charge is 2.15. The number of aromatic nitrogens is 3. The van der Waals surface area contributed by atoms with Gasteiger partial charge in [-0.3, -0.25) is 9.59 Å². The average molecular weight is 437 g/mol. The van der Waals surface area contributed by atoms with Gasteiger partial charge in [0.15, 0.2) is 17.3 Å². The predicted molar refractivity (Wildman–Crippen MR) is 117 cm³/mol. The van der Waals surface area contributed by atoms with E-state index >= 15 is 0 Å². The Labute approximate surface area is 181 Å². The first kappa shape index (κ1) is 20.5. The number of carbonyl (C=O) groups is 1. The first-order valence-electron chi connectivity index (χ1n) is 9.50. The van der Waals surface area contributed by atoms with Crippen LogP contribution in [-0.2, 0) is 4.79 Å². The molecule has 8 nitrogen and oxygen atoms in total. The number of fused-ring (bicyclic) bond motifs is 1. The van der Waals surface area contributed by atoms with E-state index in [1.807, 2.05) is 31.2 Å². The van der Waals surface area contributed by atoms with E-state index < -0.39 is 5.97 Å². The zero-order valence-electron chi connectivity index (χ0n) is 17.1. The average Bonchev–Trinajstić information content (AvgIpc) is 3.29. The molecule has 158 valence electrons. The van der Waals surface area contributed by atoms with Gasteiger partial charge < -0.3 is 14.2 Å². The summed E-state index contributed by atoms with van der Waals surface area (Å²) in [5, 5.41) is 4.37. The Bertz CT molecular complexity index is 1380. The summed E-state index contributed by atoms with van der Waals surface area (Å²) in [6.45, 7) is 3.57. The van der Waals surface area contributed by atoms with Crippen LogP contribution in [0.1, 0.15) is 19.4 Å². The SMILES string of the molecule is CCOc1cc(/C=c2/sc3nc(-c4ccccc4OC)nn3c2=O)ccc1OC(C)=O. The molecular formula is C22H19N3O5S. The van der Waals surface area contributed by atoms with E-state index in [2.05, 4.69) is 10.1 Å². The van der Waals surface area contributed by atoms with Gasteiger partial charge in [0.05, 0.1) is 23.8 Å². The van der Waals surface area contributed by atoms with Gasteiger partial charge in [-0.2, -0.15) is 9.50 Å². The van der Waals surface area contributed by atoms with Crippen molar-refractivity contribution in [1.82, 2.24) is 14.6 Å². The molecular weight excluding hydrogens is 418 g/mol. The van der Waals surface area contributed by atoms with E-state index in [9.17, 15) is 9.59 Å². The zero-order chi connectivity index (χ0) is 22.0. The minimum atomic E-state index is -0.434. The van der Waals surface area contributed by atoms with E-state index in [1.54, 1.807) is 31.4 Å². The van der Waals surface area contributed by atoms with Crippen LogP contribution in [0.2, 0.25) is 0 Å². The maximum atomic E-state index is 12.9. The summed E-state index contributed by atoms with van der Waals surface area (Å²) in [6, 6.07) is 12.5. The quantitative estimate of drug-likeness (QED) is 0.338. The van der Waals surface area contributed by atoms with Crippen LogP contribution in [0.15, 0.2) is 47.3 Å². The summed E-state index contributed by atoms with van der Waals surface area (Å²) < 4.78 is 17.8. The molecule has 0 fully saturated rings. The number of rotatable bonds is 6. The lowest BCUT2D eigenvalue weighted by Crippen LogP contribution is -2.23. The number of nitrogens with zero attached hydrogens (tertiary/aromatic N) is 3. The molecule has 0 amide bonds. The number of benzene rings is 2. The van der Waals surface area contributed by atoms with Gasteiger partial charge in [-0.15, -0.1) is 5.10 Å². The van der Waals surface area contributed by atoms with Crippen LogP contribution in [0.5, 0.6) is 17.2 Å². The van der Waals surface area contributed by atoms with Crippen LogP contribution in [0, 0.1) is 0 Å². The highest BCUT2D eigenvalue weighted by Crippen LogP contribution is 2.29. The second-order valence-corrected chi connectivity index (χ2v) is 7.49. The van der Waals surface area contributed by atoms with Crippen molar-refractivity contribution in [1.29, 1.82) is 0 Å². The lowest BCUT2D eigenvalue weighted by atomic mass is 10.2. The van der Waals surface area contributed by atoms with Crippen molar-refractivity contribution >= 4 is 28.3 Å². The molecule has 4 aromatic rings. The molecule has 0 atom stereocenters. The van der Waals surface area contributed by atoms with Crippen LogP contribution >= 0.6 is 11.3 Å². The van der Waals surface area contributed by atoms with Gasteiger partial charge in [0, 0.05) is 6.92 Å². The first-order chi connectivity index (χ1) is 15.0. The van der Waals surface area contributed by atoms with Crippen LogP contribution in [0.3, 0.4) is 0 Å². The molecule has 0 aliphatic rings. The summed E-state index contributed by atoms with van der Waals surface area (Å²) in [5.74, 6) is 1.39. The van der Waals surface area contributed by atoms with E-state index in [4.69, 9.17) is 14.2 Å². The molecule has 9 heteroatoms. The Kier molecular flexibility index (Phi) is 5.68. The summed E-state index contributed by atoms with van der Waals surface area (Å²) in [4.78, 5) is 29.1. The van der Waals surface area contributed by atoms with Crippen LogP contribution in [-0.4, -0.2) is 34.3 Å². The molecule has 4 rings (SSSR count). The lowest BCUT2D eigenvalue weighted by Gasteiger charge is -2.10. The molecule has 2 heterocycles. The standard InChI is InChI=1S/C22H19N3O5S/c1-4-29-18-11-14(9-10-17(18)30-13(2)26)12-19-21(27)25-22(31-19)23-20(24-25)15-7-5-6-8-16(15)28-3/h5-12H,4H2,1-3H3/b19-12+. The number of carbonyl (C=O) groups excluding carboxylic acids is 1.